The van der Waals surface area contributed by atoms with Crippen molar-refractivity contribution in [3.8, 4) is 11.6 Å². The van der Waals surface area contributed by atoms with E-state index >= 15 is 0 Å². The van der Waals surface area contributed by atoms with Crippen LogP contribution in [0.1, 0.15) is 38.4 Å². The molecule has 2 aliphatic heterocycles. The van der Waals surface area contributed by atoms with E-state index in [4.69, 9.17) is 18.9 Å². The lowest BCUT2D eigenvalue weighted by molar-refractivity contribution is -0.0367. The van der Waals surface area contributed by atoms with E-state index in [-0.39, 0.29) is 24.0 Å². The molecule has 2 saturated heterocycles. The third-order valence-corrected chi connectivity index (χ3v) is 5.27. The fraction of sp³-hybridized carbons (Fsp3) is 0.650. The van der Waals surface area contributed by atoms with Gasteiger partial charge in [0, 0.05) is 26.2 Å². The average molecular weight is 530 g/mol. The monoisotopic (exact) mass is 530 g/mol. The molecule has 0 radical (unpaired) electrons. The van der Waals surface area contributed by atoms with E-state index in [0.29, 0.717) is 36.2 Å². The Morgan fingerprint density at radius 3 is 2.93 bits per heavy atom. The van der Waals surface area contributed by atoms with E-state index in [2.05, 4.69) is 32.3 Å². The van der Waals surface area contributed by atoms with Crippen molar-refractivity contribution in [1.29, 1.82) is 0 Å². The van der Waals surface area contributed by atoms with E-state index in [9.17, 15) is 0 Å². The maximum atomic E-state index is 6.08. The maximum Gasteiger partial charge on any atom is 0.216 e. The third kappa shape index (κ3) is 6.17. The number of nitrogens with zero attached hydrogens (tertiary/aromatic N) is 4. The molecular weight excluding hydrogens is 499 g/mol. The molecular formula is C20H31IN6O3. The molecule has 0 aliphatic carbocycles. The zero-order valence-electron chi connectivity index (χ0n) is 17.4. The Morgan fingerprint density at radius 2 is 2.23 bits per heavy atom. The highest BCUT2D eigenvalue weighted by Gasteiger charge is 2.24. The largest absolute Gasteiger partial charge is 0.461 e. The number of aromatic amines is 1. The second-order valence-electron chi connectivity index (χ2n) is 7.41. The number of hydrogen-bond donors (Lipinski definition) is 2. The first kappa shape index (κ1) is 23.0. The highest BCUT2D eigenvalue weighted by Crippen LogP contribution is 2.18. The summed E-state index contributed by atoms with van der Waals surface area (Å²) in [5.74, 6) is 2.81. The van der Waals surface area contributed by atoms with Crippen LogP contribution in [0.25, 0.3) is 11.6 Å². The van der Waals surface area contributed by atoms with Crippen molar-refractivity contribution >= 4 is 29.9 Å². The molecule has 30 heavy (non-hydrogen) atoms. The van der Waals surface area contributed by atoms with Crippen LogP contribution in [0, 0.1) is 0 Å². The summed E-state index contributed by atoms with van der Waals surface area (Å²) in [7, 11) is 0. The average Bonchev–Trinajstić information content (AvgIpc) is 3.52. The summed E-state index contributed by atoms with van der Waals surface area (Å²) in [4.78, 5) is 11.5. The minimum absolute atomic E-state index is 0. The van der Waals surface area contributed by atoms with Crippen LogP contribution in [0.15, 0.2) is 27.8 Å². The Labute approximate surface area is 194 Å². The van der Waals surface area contributed by atoms with Crippen LogP contribution in [0.2, 0.25) is 0 Å². The fourth-order valence-corrected chi connectivity index (χ4v) is 3.71. The lowest BCUT2D eigenvalue weighted by Crippen LogP contribution is -2.47. The van der Waals surface area contributed by atoms with Gasteiger partial charge in [0.25, 0.3) is 0 Å². The van der Waals surface area contributed by atoms with Gasteiger partial charge in [0.05, 0.1) is 25.1 Å². The molecule has 1 atom stereocenters. The Morgan fingerprint density at radius 1 is 1.37 bits per heavy atom. The molecule has 2 fully saturated rings. The van der Waals surface area contributed by atoms with Crippen LogP contribution < -0.4 is 5.32 Å². The normalized spacial score (nSPS) is 20.4. The molecule has 0 bridgehead atoms. The lowest BCUT2D eigenvalue weighted by Gasteiger charge is -2.34. The number of furan rings is 1. The number of aliphatic imine (C=N–C) groups is 1. The summed E-state index contributed by atoms with van der Waals surface area (Å²) in [6, 6.07) is 3.66. The summed E-state index contributed by atoms with van der Waals surface area (Å²) >= 11 is 0. The van der Waals surface area contributed by atoms with Crippen molar-refractivity contribution < 1.29 is 13.9 Å². The first-order valence-electron chi connectivity index (χ1n) is 10.5. The second kappa shape index (κ2) is 11.7. The predicted octanol–water partition coefficient (Wildman–Crippen LogP) is 2.81. The smallest absolute Gasteiger partial charge is 0.216 e. The molecule has 1 unspecified atom stereocenters. The van der Waals surface area contributed by atoms with E-state index in [1.165, 1.54) is 0 Å². The molecule has 9 nitrogen and oxygen atoms in total. The Hall–Kier alpha value is -1.66. The summed E-state index contributed by atoms with van der Waals surface area (Å²) < 4.78 is 17.1. The first-order valence-corrected chi connectivity index (χ1v) is 10.5. The predicted molar refractivity (Wildman–Crippen MR) is 124 cm³/mol. The van der Waals surface area contributed by atoms with Gasteiger partial charge in [-0.05, 0) is 44.7 Å². The SMILES string of the molecule is CCNC(=NCc1nc(-c2ccco2)n[nH]1)N1CCC(OCC2CCCO2)CC1.I. The summed E-state index contributed by atoms with van der Waals surface area (Å²) in [6.45, 7) is 6.79. The maximum absolute atomic E-state index is 6.08. The number of H-pyrrole nitrogens is 1. The molecule has 0 saturated carbocycles. The van der Waals surface area contributed by atoms with Crippen LogP contribution in [0.3, 0.4) is 0 Å². The molecule has 0 spiro atoms. The van der Waals surface area contributed by atoms with Crippen LogP contribution in [-0.4, -0.2) is 71.1 Å². The summed E-state index contributed by atoms with van der Waals surface area (Å²) in [5.41, 5.74) is 0. The number of ether oxygens (including phenoxy) is 2. The molecule has 2 aromatic rings. The van der Waals surface area contributed by atoms with Gasteiger partial charge in [0.15, 0.2) is 11.7 Å². The van der Waals surface area contributed by atoms with E-state index in [1.54, 1.807) is 6.26 Å². The third-order valence-electron chi connectivity index (χ3n) is 5.27. The Balaban J connectivity index is 0.00000256. The van der Waals surface area contributed by atoms with Crippen LogP contribution in [-0.2, 0) is 16.0 Å². The molecule has 10 heteroatoms. The van der Waals surface area contributed by atoms with E-state index < -0.39 is 0 Å². The molecule has 4 heterocycles. The van der Waals surface area contributed by atoms with Crippen molar-refractivity contribution in [3.63, 3.8) is 0 Å². The molecule has 4 rings (SSSR count). The highest BCUT2D eigenvalue weighted by molar-refractivity contribution is 14.0. The minimum atomic E-state index is 0. The Kier molecular flexibility index (Phi) is 8.94. The van der Waals surface area contributed by atoms with Gasteiger partial charge in [-0.1, -0.05) is 0 Å². The van der Waals surface area contributed by atoms with Gasteiger partial charge in [0.1, 0.15) is 12.4 Å². The summed E-state index contributed by atoms with van der Waals surface area (Å²) in [5, 5.41) is 10.5. The Bertz CT molecular complexity index is 767. The number of halogens is 1. The number of aromatic nitrogens is 3. The molecule has 2 N–H and O–H groups in total. The number of hydrogen-bond acceptors (Lipinski definition) is 6. The molecule has 0 aromatic carbocycles. The first-order chi connectivity index (χ1) is 14.3. The number of nitrogens with one attached hydrogen (secondary N) is 2. The van der Waals surface area contributed by atoms with Gasteiger partial charge in [-0.25, -0.2) is 9.98 Å². The number of rotatable bonds is 7. The van der Waals surface area contributed by atoms with Gasteiger partial charge in [0.2, 0.25) is 5.82 Å². The van der Waals surface area contributed by atoms with Crippen molar-refractivity contribution in [2.24, 2.45) is 4.99 Å². The number of piperidine rings is 1. The van der Waals surface area contributed by atoms with Crippen molar-refractivity contribution in [1.82, 2.24) is 25.4 Å². The van der Waals surface area contributed by atoms with Crippen molar-refractivity contribution in [2.75, 3.05) is 32.8 Å². The van der Waals surface area contributed by atoms with Crippen molar-refractivity contribution in [3.05, 3.63) is 24.2 Å². The molecule has 166 valence electrons. The molecule has 2 aromatic heterocycles. The fourth-order valence-electron chi connectivity index (χ4n) is 3.71. The van der Waals surface area contributed by atoms with Gasteiger partial charge in [-0.2, -0.15) is 0 Å². The highest BCUT2D eigenvalue weighted by atomic mass is 127. The van der Waals surface area contributed by atoms with Gasteiger partial charge < -0.3 is 24.1 Å². The van der Waals surface area contributed by atoms with Gasteiger partial charge in [-0.15, -0.1) is 29.1 Å². The van der Waals surface area contributed by atoms with Crippen LogP contribution >= 0.6 is 24.0 Å². The summed E-state index contributed by atoms with van der Waals surface area (Å²) in [6.07, 6.45) is 6.50. The van der Waals surface area contributed by atoms with Crippen LogP contribution in [0.4, 0.5) is 0 Å². The van der Waals surface area contributed by atoms with Crippen molar-refractivity contribution in [2.45, 2.75) is 51.4 Å². The quantitative estimate of drug-likeness (QED) is 0.323. The zero-order valence-corrected chi connectivity index (χ0v) is 19.7. The number of likely N-dealkylation sites (tertiary alicyclic amines) is 1. The molecule has 2 aliphatic rings. The minimum Gasteiger partial charge on any atom is -0.461 e. The van der Waals surface area contributed by atoms with E-state index in [0.717, 1.165) is 64.5 Å². The van der Waals surface area contributed by atoms with Gasteiger partial charge >= 0.3 is 0 Å². The van der Waals surface area contributed by atoms with E-state index in [1.807, 2.05) is 12.1 Å². The topological polar surface area (TPSA) is 101 Å². The standard InChI is InChI=1S/C20H30N6O3.HI/c1-2-21-20(22-13-18-23-19(25-24-18)17-6-4-12-28-17)26-9-7-15(8-10-26)29-14-16-5-3-11-27-16;/h4,6,12,15-16H,2-3,5,7-11,13-14H2,1H3,(H,21,22)(H,23,24,25);1H. The molecule has 0 amide bonds. The van der Waals surface area contributed by atoms with Crippen LogP contribution in [0.5, 0.6) is 0 Å². The number of guanidine groups is 1. The zero-order chi connectivity index (χ0) is 19.9. The lowest BCUT2D eigenvalue weighted by atomic mass is 10.1. The van der Waals surface area contributed by atoms with Gasteiger partial charge in [-0.3, -0.25) is 5.10 Å². The second-order valence-corrected chi connectivity index (χ2v) is 7.41.